The molecular weight excluding hydrogens is 436 g/mol. The minimum Gasteiger partial charge on any atom is -0.337 e. The van der Waals surface area contributed by atoms with Crippen LogP contribution in [0.3, 0.4) is 0 Å². The van der Waals surface area contributed by atoms with E-state index in [1.165, 1.54) is 16.9 Å². The SMILES string of the molecule is O=C(c1sccc1Br)N1CCCN(Cc2nccn2Cc2ccccc2)CC1. The van der Waals surface area contributed by atoms with Gasteiger partial charge in [0.25, 0.3) is 5.91 Å². The van der Waals surface area contributed by atoms with Crippen LogP contribution in [0.4, 0.5) is 0 Å². The first-order valence-corrected chi connectivity index (χ1v) is 11.2. The summed E-state index contributed by atoms with van der Waals surface area (Å²) in [6.07, 6.45) is 4.90. The lowest BCUT2D eigenvalue weighted by molar-refractivity contribution is 0.0765. The lowest BCUT2D eigenvalue weighted by Gasteiger charge is -2.22. The molecule has 146 valence electrons. The topological polar surface area (TPSA) is 41.4 Å². The molecule has 7 heteroatoms. The molecule has 0 radical (unpaired) electrons. The first-order chi connectivity index (χ1) is 13.7. The molecule has 0 aliphatic carbocycles. The van der Waals surface area contributed by atoms with Crippen molar-refractivity contribution in [3.05, 3.63) is 74.9 Å². The third-order valence-electron chi connectivity index (χ3n) is 5.05. The van der Waals surface area contributed by atoms with Crippen LogP contribution >= 0.6 is 27.3 Å². The Morgan fingerprint density at radius 2 is 1.93 bits per heavy atom. The van der Waals surface area contributed by atoms with E-state index in [2.05, 4.69) is 54.6 Å². The van der Waals surface area contributed by atoms with Crippen LogP contribution in [-0.4, -0.2) is 51.4 Å². The Morgan fingerprint density at radius 1 is 1.07 bits per heavy atom. The number of hydrogen-bond donors (Lipinski definition) is 0. The van der Waals surface area contributed by atoms with E-state index < -0.39 is 0 Å². The summed E-state index contributed by atoms with van der Waals surface area (Å²) in [5, 5.41) is 1.95. The average molecular weight is 459 g/mol. The number of rotatable bonds is 5. The molecule has 0 N–H and O–H groups in total. The molecule has 1 saturated heterocycles. The van der Waals surface area contributed by atoms with Crippen LogP contribution in [0.5, 0.6) is 0 Å². The second-order valence-electron chi connectivity index (χ2n) is 6.98. The smallest absolute Gasteiger partial charge is 0.265 e. The highest BCUT2D eigenvalue weighted by molar-refractivity contribution is 9.10. The lowest BCUT2D eigenvalue weighted by Crippen LogP contribution is -2.35. The molecule has 0 saturated carbocycles. The zero-order chi connectivity index (χ0) is 19.3. The molecule has 28 heavy (non-hydrogen) atoms. The van der Waals surface area contributed by atoms with Gasteiger partial charge in [-0.05, 0) is 39.4 Å². The summed E-state index contributed by atoms with van der Waals surface area (Å²) in [5.41, 5.74) is 1.27. The summed E-state index contributed by atoms with van der Waals surface area (Å²) in [4.78, 5) is 22.5. The van der Waals surface area contributed by atoms with E-state index in [-0.39, 0.29) is 5.91 Å². The number of benzene rings is 1. The summed E-state index contributed by atoms with van der Waals surface area (Å²) in [7, 11) is 0. The van der Waals surface area contributed by atoms with Gasteiger partial charge in [-0.1, -0.05) is 30.3 Å². The maximum atomic E-state index is 12.8. The molecule has 1 fully saturated rings. The van der Waals surface area contributed by atoms with Crippen molar-refractivity contribution in [2.75, 3.05) is 26.2 Å². The second-order valence-corrected chi connectivity index (χ2v) is 8.75. The highest BCUT2D eigenvalue weighted by Crippen LogP contribution is 2.24. The maximum absolute atomic E-state index is 12.8. The molecule has 3 heterocycles. The molecule has 0 spiro atoms. The fourth-order valence-electron chi connectivity index (χ4n) is 3.54. The number of nitrogens with zero attached hydrogens (tertiary/aromatic N) is 4. The number of carbonyl (C=O) groups is 1. The maximum Gasteiger partial charge on any atom is 0.265 e. The number of halogens is 1. The quantitative estimate of drug-likeness (QED) is 0.577. The summed E-state index contributed by atoms with van der Waals surface area (Å²) in [6, 6.07) is 12.4. The van der Waals surface area contributed by atoms with Gasteiger partial charge in [0, 0.05) is 49.6 Å². The number of carbonyl (C=O) groups excluding carboxylic acids is 1. The van der Waals surface area contributed by atoms with Crippen LogP contribution in [0.15, 0.2) is 58.6 Å². The van der Waals surface area contributed by atoms with E-state index in [1.807, 2.05) is 34.8 Å². The number of hydrogen-bond acceptors (Lipinski definition) is 4. The molecule has 1 aliphatic heterocycles. The van der Waals surface area contributed by atoms with E-state index in [4.69, 9.17) is 0 Å². The minimum atomic E-state index is 0.134. The van der Waals surface area contributed by atoms with Crippen LogP contribution in [0, 0.1) is 0 Å². The molecule has 0 atom stereocenters. The Bertz CT molecular complexity index is 923. The lowest BCUT2D eigenvalue weighted by atomic mass is 10.2. The highest BCUT2D eigenvalue weighted by Gasteiger charge is 2.23. The summed E-state index contributed by atoms with van der Waals surface area (Å²) in [5.74, 6) is 1.21. The van der Waals surface area contributed by atoms with Crippen LogP contribution in [0.2, 0.25) is 0 Å². The van der Waals surface area contributed by atoms with Gasteiger partial charge in [-0.2, -0.15) is 0 Å². The Balaban J connectivity index is 1.38. The third kappa shape index (κ3) is 4.54. The van der Waals surface area contributed by atoms with E-state index in [9.17, 15) is 4.79 Å². The Labute approximate surface area is 177 Å². The molecule has 0 unspecified atom stereocenters. The average Bonchev–Trinajstić information content (AvgIpc) is 3.25. The van der Waals surface area contributed by atoms with Gasteiger partial charge in [-0.3, -0.25) is 9.69 Å². The van der Waals surface area contributed by atoms with E-state index >= 15 is 0 Å². The molecule has 1 amide bonds. The molecule has 0 bridgehead atoms. The third-order valence-corrected chi connectivity index (χ3v) is 6.88. The van der Waals surface area contributed by atoms with Crippen molar-refractivity contribution in [1.29, 1.82) is 0 Å². The monoisotopic (exact) mass is 458 g/mol. The molecular formula is C21H23BrN4OS. The van der Waals surface area contributed by atoms with Crippen LogP contribution in [0.25, 0.3) is 0 Å². The first-order valence-electron chi connectivity index (χ1n) is 9.49. The van der Waals surface area contributed by atoms with Crippen molar-refractivity contribution in [3.63, 3.8) is 0 Å². The van der Waals surface area contributed by atoms with Crippen molar-refractivity contribution in [1.82, 2.24) is 19.4 Å². The number of amides is 1. The Kier molecular flexibility index (Phi) is 6.24. The van der Waals surface area contributed by atoms with Gasteiger partial charge in [-0.25, -0.2) is 4.98 Å². The van der Waals surface area contributed by atoms with Crippen LogP contribution in [0.1, 0.15) is 27.5 Å². The van der Waals surface area contributed by atoms with Gasteiger partial charge in [0.05, 0.1) is 6.54 Å². The molecule has 5 nitrogen and oxygen atoms in total. The van der Waals surface area contributed by atoms with E-state index in [0.29, 0.717) is 0 Å². The summed E-state index contributed by atoms with van der Waals surface area (Å²) < 4.78 is 3.11. The van der Waals surface area contributed by atoms with Crippen molar-refractivity contribution in [3.8, 4) is 0 Å². The van der Waals surface area contributed by atoms with Crippen molar-refractivity contribution < 1.29 is 4.79 Å². The van der Waals surface area contributed by atoms with Crippen molar-refractivity contribution >= 4 is 33.2 Å². The zero-order valence-corrected chi connectivity index (χ0v) is 18.0. The first kappa shape index (κ1) is 19.4. The second kappa shape index (κ2) is 9.03. The predicted octanol–water partition coefficient (Wildman–Crippen LogP) is 4.10. The van der Waals surface area contributed by atoms with Gasteiger partial charge < -0.3 is 9.47 Å². The molecule has 4 rings (SSSR count). The summed E-state index contributed by atoms with van der Waals surface area (Å²) >= 11 is 4.98. The number of thiophene rings is 1. The van der Waals surface area contributed by atoms with Crippen LogP contribution in [-0.2, 0) is 13.1 Å². The van der Waals surface area contributed by atoms with E-state index in [0.717, 1.165) is 60.9 Å². The predicted molar refractivity (Wildman–Crippen MR) is 116 cm³/mol. The zero-order valence-electron chi connectivity index (χ0n) is 15.6. The summed E-state index contributed by atoms with van der Waals surface area (Å²) in [6.45, 7) is 5.05. The number of imidazole rings is 1. The van der Waals surface area contributed by atoms with Gasteiger partial charge in [0.1, 0.15) is 10.7 Å². The minimum absolute atomic E-state index is 0.134. The Morgan fingerprint density at radius 3 is 2.71 bits per heavy atom. The van der Waals surface area contributed by atoms with E-state index in [1.54, 1.807) is 0 Å². The molecule has 1 aromatic carbocycles. The molecule has 1 aliphatic rings. The normalized spacial score (nSPS) is 15.5. The number of aromatic nitrogens is 2. The van der Waals surface area contributed by atoms with Crippen molar-refractivity contribution in [2.24, 2.45) is 0 Å². The standard InChI is InChI=1S/C21H23BrN4OS/c22-18-7-14-28-20(18)21(27)25-10-4-9-24(12-13-25)16-19-23-8-11-26(19)15-17-5-2-1-3-6-17/h1-3,5-8,11,14H,4,9-10,12-13,15-16H2. The van der Waals surface area contributed by atoms with Gasteiger partial charge in [-0.15, -0.1) is 11.3 Å². The molecule has 3 aromatic rings. The fraction of sp³-hybridized carbons (Fsp3) is 0.333. The van der Waals surface area contributed by atoms with Gasteiger partial charge in [0.2, 0.25) is 0 Å². The molecule has 2 aromatic heterocycles. The Hall–Kier alpha value is -1.96. The van der Waals surface area contributed by atoms with Crippen molar-refractivity contribution in [2.45, 2.75) is 19.5 Å². The highest BCUT2D eigenvalue weighted by atomic mass is 79.9. The van der Waals surface area contributed by atoms with Gasteiger partial charge >= 0.3 is 0 Å². The van der Waals surface area contributed by atoms with Crippen LogP contribution < -0.4 is 0 Å². The fourth-order valence-corrected chi connectivity index (χ4v) is 5.05. The van der Waals surface area contributed by atoms with Gasteiger partial charge in [0.15, 0.2) is 0 Å². The largest absolute Gasteiger partial charge is 0.337 e.